The van der Waals surface area contributed by atoms with Gasteiger partial charge in [0.05, 0.1) is 5.54 Å². The monoisotopic (exact) mass is 446 g/mol. The van der Waals surface area contributed by atoms with Gasteiger partial charge in [0.1, 0.15) is 5.69 Å². The van der Waals surface area contributed by atoms with Crippen molar-refractivity contribution in [2.24, 2.45) is 0 Å². The molecule has 0 radical (unpaired) electrons. The van der Waals surface area contributed by atoms with Crippen LogP contribution in [-0.2, 0) is 12.0 Å². The quantitative estimate of drug-likeness (QED) is 0.587. The summed E-state index contributed by atoms with van der Waals surface area (Å²) in [6, 6.07) is 8.74. The van der Waals surface area contributed by atoms with Crippen LogP contribution >= 0.6 is 11.3 Å². The van der Waals surface area contributed by atoms with Crippen molar-refractivity contribution in [2.45, 2.75) is 57.0 Å². The van der Waals surface area contributed by atoms with E-state index in [-0.39, 0.29) is 17.5 Å². The molecular weight excluding hydrogens is 416 g/mol. The Balaban J connectivity index is 1.68. The smallest absolute Gasteiger partial charge is 0.274 e. The highest BCUT2D eigenvalue weighted by atomic mass is 32.1. The number of benzene rings is 1. The largest absolute Gasteiger partial charge is 0.356 e. The molecule has 5 rings (SSSR count). The summed E-state index contributed by atoms with van der Waals surface area (Å²) in [5.41, 5.74) is 3.96. The number of H-pyrrole nitrogens is 1. The minimum absolute atomic E-state index is 0.0257. The molecule has 4 heterocycles. The third-order valence-electron chi connectivity index (χ3n) is 7.32. The Morgan fingerprint density at radius 2 is 2.12 bits per heavy atom. The predicted molar refractivity (Wildman–Crippen MR) is 130 cm³/mol. The SMILES string of the molecule is C#Cc1nc(C(=O)N2C(CCCC)Cc3c([nH]c4ccccc34)C23CCN(C)CC3)cs1. The molecule has 32 heavy (non-hydrogen) atoms. The zero-order valence-corrected chi connectivity index (χ0v) is 19.7. The molecule has 2 aliphatic heterocycles. The normalized spacial score (nSPS) is 20.4. The lowest BCUT2D eigenvalue weighted by Gasteiger charge is -2.54. The molecule has 3 aromatic rings. The van der Waals surface area contributed by atoms with Crippen molar-refractivity contribution in [1.82, 2.24) is 19.8 Å². The van der Waals surface area contributed by atoms with Gasteiger partial charge in [0.2, 0.25) is 0 Å². The van der Waals surface area contributed by atoms with Crippen LogP contribution in [0.5, 0.6) is 0 Å². The molecule has 0 bridgehead atoms. The first kappa shape index (κ1) is 21.2. The maximum Gasteiger partial charge on any atom is 0.274 e. The number of terminal acetylenes is 1. The topological polar surface area (TPSA) is 52.2 Å². The van der Waals surface area contributed by atoms with Gasteiger partial charge in [-0.05, 0) is 50.3 Å². The van der Waals surface area contributed by atoms with E-state index in [1.165, 1.54) is 33.5 Å². The van der Waals surface area contributed by atoms with Crippen LogP contribution in [0.1, 0.15) is 65.8 Å². The number of aromatic nitrogens is 2. The number of unbranched alkanes of at least 4 members (excludes halogenated alkanes) is 1. The lowest BCUT2D eigenvalue weighted by molar-refractivity contribution is -0.0122. The van der Waals surface area contributed by atoms with Crippen molar-refractivity contribution in [2.75, 3.05) is 20.1 Å². The van der Waals surface area contributed by atoms with Gasteiger partial charge in [-0.3, -0.25) is 4.79 Å². The van der Waals surface area contributed by atoms with Crippen LogP contribution in [0.15, 0.2) is 29.6 Å². The number of carbonyl (C=O) groups is 1. The number of hydrogen-bond acceptors (Lipinski definition) is 4. The van der Waals surface area contributed by atoms with Gasteiger partial charge in [-0.15, -0.1) is 17.8 Å². The molecule has 5 nitrogen and oxygen atoms in total. The standard InChI is InChI=1S/C26H30N4OS/c1-4-6-9-18-16-20-19-10-7-8-11-21(19)28-24(20)26(12-14-29(3)15-13-26)30(18)25(31)22-17-32-23(5-2)27-22/h2,7-8,10-11,17-18,28H,4,6,9,12-16H2,1,3H3. The number of nitrogens with one attached hydrogen (secondary N) is 1. The summed E-state index contributed by atoms with van der Waals surface area (Å²) >= 11 is 1.38. The molecule has 0 aliphatic carbocycles. The molecular formula is C26H30N4OS. The number of piperidine rings is 1. The van der Waals surface area contributed by atoms with Crippen molar-refractivity contribution >= 4 is 28.1 Å². The number of amides is 1. The number of aromatic amines is 1. The third-order valence-corrected chi connectivity index (χ3v) is 8.09. The molecule has 1 unspecified atom stereocenters. The summed E-state index contributed by atoms with van der Waals surface area (Å²) in [5, 5.41) is 3.70. The maximum absolute atomic E-state index is 14.1. The minimum atomic E-state index is -0.339. The van der Waals surface area contributed by atoms with Crippen LogP contribution in [0.4, 0.5) is 0 Å². The van der Waals surface area contributed by atoms with E-state index < -0.39 is 0 Å². The van der Waals surface area contributed by atoms with Gasteiger partial charge in [-0.1, -0.05) is 38.0 Å². The molecule has 0 saturated carbocycles. The molecule has 2 aliphatic rings. The molecule has 1 saturated heterocycles. The molecule has 1 atom stereocenters. The van der Waals surface area contributed by atoms with Crippen LogP contribution in [0.2, 0.25) is 0 Å². The molecule has 1 aromatic carbocycles. The summed E-state index contributed by atoms with van der Waals surface area (Å²) in [5.74, 6) is 2.61. The van der Waals surface area contributed by atoms with Crippen molar-refractivity contribution in [3.8, 4) is 12.3 Å². The number of rotatable bonds is 4. The first-order valence-electron chi connectivity index (χ1n) is 11.6. The number of thiazole rings is 1. The zero-order chi connectivity index (χ0) is 22.3. The average Bonchev–Trinajstić information content (AvgIpc) is 3.44. The summed E-state index contributed by atoms with van der Waals surface area (Å²) in [7, 11) is 2.17. The third kappa shape index (κ3) is 3.35. The van der Waals surface area contributed by atoms with Gasteiger partial charge in [-0.2, -0.15) is 0 Å². The van der Waals surface area contributed by atoms with E-state index in [0.717, 1.165) is 51.6 Å². The predicted octanol–water partition coefficient (Wildman–Crippen LogP) is 4.78. The number of likely N-dealkylation sites (tertiary alicyclic amines) is 1. The van der Waals surface area contributed by atoms with Gasteiger partial charge in [0, 0.05) is 41.1 Å². The van der Waals surface area contributed by atoms with Crippen LogP contribution < -0.4 is 0 Å². The fourth-order valence-electron chi connectivity index (χ4n) is 5.68. The van der Waals surface area contributed by atoms with Gasteiger partial charge in [-0.25, -0.2) is 4.98 Å². The fourth-order valence-corrected chi connectivity index (χ4v) is 6.27. The number of para-hydroxylation sites is 1. The van der Waals surface area contributed by atoms with E-state index in [2.05, 4.69) is 63.9 Å². The Morgan fingerprint density at radius 3 is 2.84 bits per heavy atom. The summed E-state index contributed by atoms with van der Waals surface area (Å²) in [4.78, 5) is 26.9. The number of fused-ring (bicyclic) bond motifs is 4. The number of nitrogens with zero attached hydrogens (tertiary/aromatic N) is 3. The molecule has 2 aromatic heterocycles. The van der Waals surface area contributed by atoms with Crippen LogP contribution in [0.25, 0.3) is 10.9 Å². The Bertz CT molecular complexity index is 1180. The van der Waals surface area contributed by atoms with Crippen LogP contribution in [-0.4, -0.2) is 51.9 Å². The van der Waals surface area contributed by atoms with E-state index in [4.69, 9.17) is 6.42 Å². The van der Waals surface area contributed by atoms with Gasteiger partial charge < -0.3 is 14.8 Å². The van der Waals surface area contributed by atoms with Crippen molar-refractivity contribution in [1.29, 1.82) is 0 Å². The first-order valence-corrected chi connectivity index (χ1v) is 12.5. The molecule has 1 amide bonds. The van der Waals surface area contributed by atoms with Crippen LogP contribution in [0.3, 0.4) is 0 Å². The summed E-state index contributed by atoms with van der Waals surface area (Å²) in [6.07, 6.45) is 11.5. The van der Waals surface area contributed by atoms with Gasteiger partial charge in [0.25, 0.3) is 5.91 Å². The first-order chi connectivity index (χ1) is 15.6. The molecule has 1 spiro atoms. The lowest BCUT2D eigenvalue weighted by Crippen LogP contribution is -2.61. The summed E-state index contributed by atoms with van der Waals surface area (Å²) < 4.78 is 0. The molecule has 6 heteroatoms. The van der Waals surface area contributed by atoms with E-state index in [0.29, 0.717) is 10.7 Å². The lowest BCUT2D eigenvalue weighted by atomic mass is 9.74. The van der Waals surface area contributed by atoms with E-state index in [1.807, 2.05) is 5.38 Å². The van der Waals surface area contributed by atoms with E-state index >= 15 is 0 Å². The second kappa shape index (κ2) is 8.38. The maximum atomic E-state index is 14.1. The van der Waals surface area contributed by atoms with Gasteiger partial charge in [0.15, 0.2) is 5.01 Å². The molecule has 1 fully saturated rings. The Hall–Kier alpha value is -2.62. The zero-order valence-electron chi connectivity index (χ0n) is 18.9. The number of carbonyl (C=O) groups excluding carboxylic acids is 1. The summed E-state index contributed by atoms with van der Waals surface area (Å²) in [6.45, 7) is 4.15. The average molecular weight is 447 g/mol. The molecule has 1 N–H and O–H groups in total. The highest BCUT2D eigenvalue weighted by molar-refractivity contribution is 7.10. The second-order valence-corrected chi connectivity index (χ2v) is 10.1. The van der Waals surface area contributed by atoms with Crippen molar-refractivity contribution in [3.05, 3.63) is 51.6 Å². The molecule has 166 valence electrons. The van der Waals surface area contributed by atoms with Crippen LogP contribution in [0, 0.1) is 12.3 Å². The van der Waals surface area contributed by atoms with Gasteiger partial charge >= 0.3 is 0 Å². The highest BCUT2D eigenvalue weighted by Crippen LogP contribution is 2.48. The van der Waals surface area contributed by atoms with E-state index in [1.54, 1.807) is 0 Å². The van der Waals surface area contributed by atoms with E-state index in [9.17, 15) is 4.79 Å². The fraction of sp³-hybridized carbons (Fsp3) is 0.462. The Morgan fingerprint density at radius 1 is 1.34 bits per heavy atom. The Labute approximate surface area is 193 Å². The minimum Gasteiger partial charge on any atom is -0.356 e. The van der Waals surface area contributed by atoms with Crippen molar-refractivity contribution < 1.29 is 4.79 Å². The number of hydrogen-bond donors (Lipinski definition) is 1. The Kier molecular flexibility index (Phi) is 5.56. The second-order valence-electron chi connectivity index (χ2n) is 9.22. The highest BCUT2D eigenvalue weighted by Gasteiger charge is 2.51. The van der Waals surface area contributed by atoms with Crippen molar-refractivity contribution in [3.63, 3.8) is 0 Å².